The average molecular weight is 634 g/mol. The van der Waals surface area contributed by atoms with Gasteiger partial charge in [0.1, 0.15) is 29.1 Å². The van der Waals surface area contributed by atoms with Crippen molar-refractivity contribution in [2.75, 3.05) is 18.4 Å². The first kappa shape index (κ1) is 31.4. The Morgan fingerprint density at radius 2 is 1.93 bits per heavy atom. The van der Waals surface area contributed by atoms with Gasteiger partial charge in [-0.1, -0.05) is 19.9 Å². The molecule has 6 rings (SSSR count). The Morgan fingerprint density at radius 1 is 1.20 bits per heavy atom. The third-order valence-corrected chi connectivity index (χ3v) is 11.0. The van der Waals surface area contributed by atoms with Crippen molar-refractivity contribution in [3.05, 3.63) is 53.3 Å². The highest BCUT2D eigenvalue weighted by Gasteiger charge is 2.41. The number of carbonyl (C=O) groups is 2. The molecule has 1 unspecified atom stereocenters. The molecule has 1 aliphatic carbocycles. The number of fused-ring (bicyclic) bond motifs is 2. The smallest absolute Gasteiger partial charge is 0.340 e. The molecule has 2 aromatic heterocycles. The molecule has 0 spiro atoms. The molecule has 1 saturated carbocycles. The van der Waals surface area contributed by atoms with Crippen LogP contribution in [0, 0.1) is 5.92 Å². The van der Waals surface area contributed by atoms with Crippen LogP contribution in [0.4, 0.5) is 11.6 Å². The summed E-state index contributed by atoms with van der Waals surface area (Å²) in [5.41, 5.74) is 1.60. The second-order valence-electron chi connectivity index (χ2n) is 13.9. The van der Waals surface area contributed by atoms with Crippen molar-refractivity contribution in [3.63, 3.8) is 0 Å². The number of pyridine rings is 2. The number of nitrogens with one attached hydrogen (secondary N) is 1. The monoisotopic (exact) mass is 633 g/mol. The van der Waals surface area contributed by atoms with Crippen molar-refractivity contribution in [2.45, 2.75) is 95.5 Å². The van der Waals surface area contributed by atoms with E-state index in [2.05, 4.69) is 18.3 Å². The third-order valence-electron chi connectivity index (χ3n) is 9.70. The highest BCUT2D eigenvalue weighted by molar-refractivity contribution is 7.84. The summed E-state index contributed by atoms with van der Waals surface area (Å²) in [6.07, 6.45) is 5.20. The number of ether oxygens (including phenoxy) is 2. The molecule has 240 valence electrons. The van der Waals surface area contributed by atoms with Crippen LogP contribution in [0.5, 0.6) is 5.75 Å². The quantitative estimate of drug-likeness (QED) is 0.271. The zero-order chi connectivity index (χ0) is 32.3. The van der Waals surface area contributed by atoms with Crippen molar-refractivity contribution in [1.29, 1.82) is 0 Å². The molecule has 2 aliphatic heterocycles. The van der Waals surface area contributed by atoms with Gasteiger partial charge in [-0.25, -0.2) is 19.0 Å². The molecule has 1 amide bonds. The molecule has 3 atom stereocenters. The first-order chi connectivity index (χ1) is 21.3. The maximum atomic E-state index is 12.6. The van der Waals surface area contributed by atoms with E-state index in [0.717, 1.165) is 35.6 Å². The number of carbonyl (C=O) groups excluding carboxylic acids is 2. The Balaban J connectivity index is 1.33. The van der Waals surface area contributed by atoms with Crippen LogP contribution in [0.25, 0.3) is 10.8 Å². The van der Waals surface area contributed by atoms with Crippen LogP contribution in [-0.2, 0) is 20.5 Å². The minimum atomic E-state index is -1.48. The number of hydrogen-bond donors (Lipinski definition) is 2. The largest absolute Gasteiger partial charge is 0.486 e. The lowest BCUT2D eigenvalue weighted by molar-refractivity contribution is -0.141. The predicted molar refractivity (Wildman–Crippen MR) is 175 cm³/mol. The van der Waals surface area contributed by atoms with Gasteiger partial charge in [0.15, 0.2) is 0 Å². The molecule has 3 aliphatic rings. The van der Waals surface area contributed by atoms with E-state index in [1.807, 2.05) is 57.8 Å². The molecule has 10 nitrogen and oxygen atoms in total. The standard InChI is InChI=1S/C34H43N5O5S/c1-7-20(15-33(3,4)45(35)42)23-10-12-27(43-22-17-39(18-22)31(40)21-8-9-21)26-16-36-29(14-25(23)26)37-28-13-11-24-30(38-28)19(2)34(5,6)44-32(24)41/h10-14,16,19-22H,7-9,15,17-18,35H2,1-6H3,(H,36,37,38)/t19-,20-,45?/m1/s1. The summed E-state index contributed by atoms with van der Waals surface area (Å²) in [7, 11) is -1.48. The zero-order valence-corrected chi connectivity index (χ0v) is 27.7. The molecule has 3 N–H and O–H groups in total. The van der Waals surface area contributed by atoms with E-state index in [-0.39, 0.29) is 35.7 Å². The van der Waals surface area contributed by atoms with Gasteiger partial charge in [0.25, 0.3) is 0 Å². The highest BCUT2D eigenvalue weighted by Crippen LogP contribution is 2.41. The molecule has 4 heterocycles. The summed E-state index contributed by atoms with van der Waals surface area (Å²) in [6, 6.07) is 9.58. The number of aromatic nitrogens is 2. The van der Waals surface area contributed by atoms with Crippen molar-refractivity contribution in [2.24, 2.45) is 11.1 Å². The average Bonchev–Trinajstić information content (AvgIpc) is 3.82. The van der Waals surface area contributed by atoms with Crippen molar-refractivity contribution >= 4 is 45.3 Å². The van der Waals surface area contributed by atoms with E-state index < -0.39 is 21.3 Å². The van der Waals surface area contributed by atoms with E-state index in [9.17, 15) is 13.8 Å². The molecule has 0 radical (unpaired) electrons. The lowest BCUT2D eigenvalue weighted by Crippen LogP contribution is -2.56. The molecule has 45 heavy (non-hydrogen) atoms. The normalized spacial score (nSPS) is 21.0. The van der Waals surface area contributed by atoms with Gasteiger partial charge in [0.05, 0.1) is 40.1 Å². The number of rotatable bonds is 10. The lowest BCUT2D eigenvalue weighted by Gasteiger charge is -2.39. The minimum Gasteiger partial charge on any atom is -0.486 e. The summed E-state index contributed by atoms with van der Waals surface area (Å²) < 4.78 is 23.9. The second kappa shape index (κ2) is 11.7. The number of nitrogens with two attached hydrogens (primary N) is 1. The number of hydrogen-bond acceptors (Lipinski definition) is 8. The molecular formula is C34H43N5O5S. The Kier molecular flexibility index (Phi) is 8.14. The van der Waals surface area contributed by atoms with Gasteiger partial charge in [-0.2, -0.15) is 0 Å². The molecule has 11 heteroatoms. The van der Waals surface area contributed by atoms with E-state index >= 15 is 0 Å². The van der Waals surface area contributed by atoms with Gasteiger partial charge < -0.3 is 19.7 Å². The molecule has 1 saturated heterocycles. The number of likely N-dealkylation sites (tertiary alicyclic amines) is 1. The second-order valence-corrected chi connectivity index (χ2v) is 15.6. The first-order valence-electron chi connectivity index (χ1n) is 15.8. The summed E-state index contributed by atoms with van der Waals surface area (Å²) in [4.78, 5) is 36.5. The number of amides is 1. The number of anilines is 2. The van der Waals surface area contributed by atoms with Gasteiger partial charge >= 0.3 is 5.97 Å². The predicted octanol–water partition coefficient (Wildman–Crippen LogP) is 5.71. The van der Waals surface area contributed by atoms with Crippen LogP contribution in [0.2, 0.25) is 0 Å². The number of benzene rings is 1. The van der Waals surface area contributed by atoms with Crippen LogP contribution in [0.15, 0.2) is 36.5 Å². The fourth-order valence-electron chi connectivity index (χ4n) is 6.26. The fraction of sp³-hybridized carbons (Fsp3) is 0.529. The highest BCUT2D eigenvalue weighted by atomic mass is 32.2. The van der Waals surface area contributed by atoms with Gasteiger partial charge in [0.2, 0.25) is 5.91 Å². The van der Waals surface area contributed by atoms with Crippen molar-refractivity contribution < 1.29 is 23.3 Å². The maximum Gasteiger partial charge on any atom is 0.340 e. The number of cyclic esters (lactones) is 1. The summed E-state index contributed by atoms with van der Waals surface area (Å²) in [5.74, 6) is 1.96. The SMILES string of the molecule is CC[C@H](CC(C)(C)S(N)=O)c1ccc(OC2CN(C(=O)C3CC3)C2)c2cnc(Nc3ccc4c(n3)[C@@H](C)C(C)(C)OC4=O)cc12. The Hall–Kier alpha value is -3.57. The topological polar surface area (TPSA) is 137 Å². The van der Waals surface area contributed by atoms with E-state index in [1.54, 1.807) is 12.1 Å². The Morgan fingerprint density at radius 3 is 2.60 bits per heavy atom. The van der Waals surface area contributed by atoms with Crippen LogP contribution in [0.1, 0.15) is 101 Å². The van der Waals surface area contributed by atoms with Gasteiger partial charge in [-0.3, -0.25) is 9.93 Å². The van der Waals surface area contributed by atoms with E-state index in [0.29, 0.717) is 48.2 Å². The summed E-state index contributed by atoms with van der Waals surface area (Å²) in [6.45, 7) is 13.0. The molecule has 3 aromatic rings. The fourth-order valence-corrected chi connectivity index (χ4v) is 6.63. The van der Waals surface area contributed by atoms with Crippen LogP contribution in [0.3, 0.4) is 0 Å². The van der Waals surface area contributed by atoms with Crippen LogP contribution in [-0.4, -0.2) is 60.5 Å². The zero-order valence-electron chi connectivity index (χ0n) is 26.9. The number of nitrogens with zero attached hydrogens (tertiary/aromatic N) is 3. The third kappa shape index (κ3) is 6.16. The molecule has 0 bridgehead atoms. The van der Waals surface area contributed by atoms with E-state index in [1.165, 1.54) is 0 Å². The van der Waals surface area contributed by atoms with Gasteiger partial charge in [-0.05, 0) is 94.5 Å². The van der Waals surface area contributed by atoms with Gasteiger partial charge in [0, 0.05) is 23.4 Å². The number of esters is 1. The summed E-state index contributed by atoms with van der Waals surface area (Å²) in [5, 5.41) is 11.1. The molecule has 1 aromatic carbocycles. The van der Waals surface area contributed by atoms with Crippen LogP contribution < -0.4 is 15.2 Å². The van der Waals surface area contributed by atoms with Crippen molar-refractivity contribution in [1.82, 2.24) is 14.9 Å². The minimum absolute atomic E-state index is 0.0715. The molecule has 2 fully saturated rings. The first-order valence-corrected chi connectivity index (χ1v) is 17.0. The Bertz CT molecular complexity index is 1680. The van der Waals surface area contributed by atoms with Crippen LogP contribution >= 0.6 is 0 Å². The summed E-state index contributed by atoms with van der Waals surface area (Å²) >= 11 is 0. The molecular weight excluding hydrogens is 590 g/mol. The Labute approximate surface area is 267 Å². The lowest BCUT2D eigenvalue weighted by atomic mass is 9.84. The van der Waals surface area contributed by atoms with Gasteiger partial charge in [-0.15, -0.1) is 0 Å². The maximum absolute atomic E-state index is 12.6. The van der Waals surface area contributed by atoms with E-state index in [4.69, 9.17) is 24.6 Å². The van der Waals surface area contributed by atoms with Crippen molar-refractivity contribution in [3.8, 4) is 5.75 Å².